The van der Waals surface area contributed by atoms with Crippen molar-refractivity contribution < 1.29 is 18.0 Å². The highest BCUT2D eigenvalue weighted by Gasteiger charge is 2.36. The number of carbonyl (C=O) groups is 2. The number of benzene rings is 4. The van der Waals surface area contributed by atoms with Gasteiger partial charge in [-0.1, -0.05) is 120 Å². The van der Waals surface area contributed by atoms with Crippen molar-refractivity contribution in [2.75, 3.05) is 10.8 Å². The van der Waals surface area contributed by atoms with Gasteiger partial charge in [0.05, 0.1) is 20.6 Å². The molecule has 1 N–H and O–H groups in total. The van der Waals surface area contributed by atoms with E-state index in [9.17, 15) is 18.0 Å². The zero-order valence-corrected chi connectivity index (χ0v) is 29.1. The third kappa shape index (κ3) is 8.42. The number of anilines is 1. The van der Waals surface area contributed by atoms with E-state index in [2.05, 4.69) is 5.32 Å². The Labute approximate surface area is 295 Å². The molecule has 0 bridgehead atoms. The van der Waals surface area contributed by atoms with Crippen LogP contribution in [0, 0.1) is 0 Å². The zero-order chi connectivity index (χ0) is 33.6. The smallest absolute Gasteiger partial charge is 0.264 e. The third-order valence-corrected chi connectivity index (χ3v) is 11.5. The minimum atomic E-state index is -4.34. The molecule has 2 amide bonds. The van der Waals surface area contributed by atoms with Crippen LogP contribution in [-0.2, 0) is 32.6 Å². The van der Waals surface area contributed by atoms with Gasteiger partial charge in [0.2, 0.25) is 11.8 Å². The summed E-state index contributed by atoms with van der Waals surface area (Å²) in [5.74, 6) is -1.02. The second-order valence-corrected chi connectivity index (χ2v) is 14.8. The van der Waals surface area contributed by atoms with E-state index >= 15 is 0 Å². The molecule has 4 aromatic rings. The van der Waals surface area contributed by atoms with E-state index in [-0.39, 0.29) is 45.5 Å². The molecule has 246 valence electrons. The van der Waals surface area contributed by atoms with Crippen LogP contribution in [0.4, 0.5) is 5.69 Å². The molecule has 7 nitrogen and oxygen atoms in total. The van der Waals surface area contributed by atoms with Gasteiger partial charge in [0.1, 0.15) is 12.6 Å². The van der Waals surface area contributed by atoms with Crippen molar-refractivity contribution in [2.45, 2.75) is 55.6 Å². The molecule has 1 saturated carbocycles. The normalized spacial score (nSPS) is 14.0. The lowest BCUT2D eigenvalue weighted by Gasteiger charge is -2.35. The lowest BCUT2D eigenvalue weighted by Crippen LogP contribution is -2.54. The topological polar surface area (TPSA) is 86.8 Å². The van der Waals surface area contributed by atoms with Crippen LogP contribution in [0.15, 0.2) is 102 Å². The van der Waals surface area contributed by atoms with Gasteiger partial charge in [0, 0.05) is 34.6 Å². The van der Waals surface area contributed by atoms with Crippen molar-refractivity contribution in [3.8, 4) is 0 Å². The quantitative estimate of drug-likeness (QED) is 0.159. The Bertz CT molecular complexity index is 1800. The molecule has 1 fully saturated rings. The Hall–Kier alpha value is -3.27. The SMILES string of the molecule is O=C(NC1CCCC1)[C@H](Cc1ccccc1)N(Cc1c(Cl)cccc1Cl)C(=O)CN(c1cccc(Cl)c1Cl)S(=O)(=O)c1ccccc1. The van der Waals surface area contributed by atoms with Gasteiger partial charge in [-0.15, -0.1) is 0 Å². The van der Waals surface area contributed by atoms with Gasteiger partial charge in [0.25, 0.3) is 10.0 Å². The standard InChI is InChI=1S/C35H33Cl4N3O4S/c36-28-17-9-18-29(37)27(28)22-41(32(21-24-11-3-1-4-12-24)35(44)40-25-13-7-8-14-25)33(43)23-42(31-20-10-19-30(38)34(31)39)47(45,46)26-15-5-2-6-16-26/h1-6,9-12,15-20,25,32H,7-8,13-14,21-23H2,(H,40,44)/t32-/m0/s1. The Balaban J connectivity index is 1.61. The summed E-state index contributed by atoms with van der Waals surface area (Å²) in [6.45, 7) is -0.850. The van der Waals surface area contributed by atoms with Crippen LogP contribution in [0.5, 0.6) is 0 Å². The second kappa shape index (κ2) is 15.8. The minimum absolute atomic E-state index is 0.0158. The lowest BCUT2D eigenvalue weighted by atomic mass is 10.0. The number of nitrogens with one attached hydrogen (secondary N) is 1. The van der Waals surface area contributed by atoms with E-state index in [0.717, 1.165) is 35.6 Å². The van der Waals surface area contributed by atoms with Gasteiger partial charge in [-0.2, -0.15) is 0 Å². The van der Waals surface area contributed by atoms with E-state index in [1.54, 1.807) is 42.5 Å². The van der Waals surface area contributed by atoms with E-state index in [1.165, 1.54) is 29.2 Å². The predicted molar refractivity (Wildman–Crippen MR) is 189 cm³/mol. The monoisotopic (exact) mass is 731 g/mol. The third-order valence-electron chi connectivity index (χ3n) is 8.17. The summed E-state index contributed by atoms with van der Waals surface area (Å²) in [6.07, 6.45) is 3.84. The van der Waals surface area contributed by atoms with E-state index < -0.39 is 28.5 Å². The molecule has 1 atom stereocenters. The Morgan fingerprint density at radius 2 is 1.34 bits per heavy atom. The Morgan fingerprint density at radius 3 is 1.98 bits per heavy atom. The molecule has 1 aliphatic rings. The first-order chi connectivity index (χ1) is 22.6. The van der Waals surface area contributed by atoms with Crippen molar-refractivity contribution in [2.24, 2.45) is 0 Å². The fourth-order valence-electron chi connectivity index (χ4n) is 5.69. The largest absolute Gasteiger partial charge is 0.352 e. The van der Waals surface area contributed by atoms with Gasteiger partial charge >= 0.3 is 0 Å². The first-order valence-electron chi connectivity index (χ1n) is 15.1. The van der Waals surface area contributed by atoms with Crippen LogP contribution in [0.25, 0.3) is 0 Å². The molecule has 0 heterocycles. The first kappa shape index (κ1) is 35.0. The summed E-state index contributed by atoms with van der Waals surface area (Å²) >= 11 is 26.1. The lowest BCUT2D eigenvalue weighted by molar-refractivity contribution is -0.140. The molecule has 0 aliphatic heterocycles. The highest BCUT2D eigenvalue weighted by Crippen LogP contribution is 2.36. The van der Waals surface area contributed by atoms with Gasteiger partial charge in [-0.25, -0.2) is 8.42 Å². The molecule has 0 spiro atoms. The van der Waals surface area contributed by atoms with Gasteiger partial charge in [-0.3, -0.25) is 13.9 Å². The maximum atomic E-state index is 14.7. The predicted octanol–water partition coefficient (Wildman–Crippen LogP) is 8.19. The number of rotatable bonds is 12. The van der Waals surface area contributed by atoms with Crippen molar-refractivity contribution in [3.63, 3.8) is 0 Å². The maximum absolute atomic E-state index is 14.7. The fourth-order valence-corrected chi connectivity index (χ4v) is 8.10. The second-order valence-electron chi connectivity index (χ2n) is 11.3. The summed E-state index contributed by atoms with van der Waals surface area (Å²) in [6, 6.07) is 25.5. The summed E-state index contributed by atoms with van der Waals surface area (Å²) in [7, 11) is -4.34. The molecule has 5 rings (SSSR count). The van der Waals surface area contributed by atoms with E-state index in [0.29, 0.717) is 15.6 Å². The number of carbonyl (C=O) groups excluding carboxylic acids is 2. The van der Waals surface area contributed by atoms with Crippen LogP contribution in [0.1, 0.15) is 36.8 Å². The molecule has 0 aromatic heterocycles. The van der Waals surface area contributed by atoms with Crippen molar-refractivity contribution in [3.05, 3.63) is 128 Å². The van der Waals surface area contributed by atoms with Gasteiger partial charge in [-0.05, 0) is 54.8 Å². The van der Waals surface area contributed by atoms with Crippen LogP contribution >= 0.6 is 46.4 Å². The van der Waals surface area contributed by atoms with Crippen LogP contribution in [0.3, 0.4) is 0 Å². The Kier molecular flexibility index (Phi) is 11.7. The Morgan fingerprint density at radius 1 is 0.766 bits per heavy atom. The number of sulfonamides is 1. The highest BCUT2D eigenvalue weighted by molar-refractivity contribution is 7.92. The molecule has 12 heteroatoms. The summed E-state index contributed by atoms with van der Waals surface area (Å²) in [5, 5.41) is 3.82. The number of nitrogens with zero attached hydrogens (tertiary/aromatic N) is 2. The van der Waals surface area contributed by atoms with Crippen molar-refractivity contribution in [1.82, 2.24) is 10.2 Å². The molecular formula is C35H33Cl4N3O4S. The summed E-state index contributed by atoms with van der Waals surface area (Å²) in [5.41, 5.74) is 1.25. The summed E-state index contributed by atoms with van der Waals surface area (Å²) in [4.78, 5) is 30.1. The molecular weight excluding hydrogens is 700 g/mol. The van der Waals surface area contributed by atoms with Crippen LogP contribution in [0.2, 0.25) is 20.1 Å². The van der Waals surface area contributed by atoms with Crippen LogP contribution < -0.4 is 9.62 Å². The number of hydrogen-bond acceptors (Lipinski definition) is 4. The van der Waals surface area contributed by atoms with Crippen molar-refractivity contribution >= 4 is 73.9 Å². The van der Waals surface area contributed by atoms with Crippen LogP contribution in [-0.4, -0.2) is 43.8 Å². The average molecular weight is 734 g/mol. The van der Waals surface area contributed by atoms with E-state index in [4.69, 9.17) is 46.4 Å². The van der Waals surface area contributed by atoms with E-state index in [1.807, 2.05) is 30.3 Å². The van der Waals surface area contributed by atoms with Gasteiger partial charge in [0.15, 0.2) is 0 Å². The molecule has 47 heavy (non-hydrogen) atoms. The average Bonchev–Trinajstić information content (AvgIpc) is 3.58. The molecule has 4 aromatic carbocycles. The first-order valence-corrected chi connectivity index (χ1v) is 18.1. The van der Waals surface area contributed by atoms with Crippen molar-refractivity contribution in [1.29, 1.82) is 0 Å². The number of halogens is 4. The molecule has 0 unspecified atom stereocenters. The number of amides is 2. The molecule has 1 aliphatic carbocycles. The summed E-state index contributed by atoms with van der Waals surface area (Å²) < 4.78 is 29.3. The minimum Gasteiger partial charge on any atom is -0.352 e. The maximum Gasteiger partial charge on any atom is 0.264 e. The van der Waals surface area contributed by atoms with Gasteiger partial charge < -0.3 is 10.2 Å². The molecule has 0 radical (unpaired) electrons. The fraction of sp³-hybridized carbons (Fsp3) is 0.257. The zero-order valence-electron chi connectivity index (χ0n) is 25.3. The molecule has 0 saturated heterocycles. The highest BCUT2D eigenvalue weighted by atomic mass is 35.5. The number of hydrogen-bond donors (Lipinski definition) is 1.